The van der Waals surface area contributed by atoms with Gasteiger partial charge in [0.15, 0.2) is 23.3 Å². The van der Waals surface area contributed by atoms with E-state index < -0.39 is 40.2 Å². The Labute approximate surface area is 529 Å². The first kappa shape index (κ1) is 55.8. The van der Waals surface area contributed by atoms with Gasteiger partial charge in [0.25, 0.3) is 0 Å². The molecular weight excluding hydrogens is 1170 g/mol. The molecule has 0 radical (unpaired) electrons. The third-order valence-corrected chi connectivity index (χ3v) is 17.2. The second-order valence-corrected chi connectivity index (χ2v) is 22.6. The number of aromatic nitrogens is 6. The van der Waals surface area contributed by atoms with Crippen LogP contribution in [-0.2, 0) is 0 Å². The fourth-order valence-corrected chi connectivity index (χ4v) is 12.7. The fraction of sp³-hybridized carbons (Fsp3) is 0. The molecule has 6 aromatic heterocycles. The lowest BCUT2D eigenvalue weighted by molar-refractivity contribution is 0.381. The molecule has 0 amide bonds. The SMILES string of the molecule is [C-]#[N+]c1cc(-n2c3cc(-c4cccc(-c5ccccc5)n4)ccc3c3ccc(-c4cccc(-c5ccccc5)n4)cc32)c(-c2c(F)c(F)c(F)c(F)c2F)cc1-n1c2cc(-c3cccc(-c4ccccc4)n3)ccc2c2ccc(-c3cccc(-c4ccccc4)n3)cc21. The highest BCUT2D eigenvalue weighted by Crippen LogP contribution is 2.47. The molecule has 0 atom stereocenters. The van der Waals surface area contributed by atoms with Gasteiger partial charge in [0.2, 0.25) is 11.5 Å². The van der Waals surface area contributed by atoms with Crippen molar-refractivity contribution in [3.8, 4) is 113 Å². The monoisotopic (exact) mass is 1210 g/mol. The van der Waals surface area contributed by atoms with E-state index in [1.54, 1.807) is 4.57 Å². The smallest absolute Gasteiger partial charge is 0.212 e. The quantitative estimate of drug-likeness (QED) is 0.0560. The Morgan fingerprint density at radius 3 is 0.817 bits per heavy atom. The van der Waals surface area contributed by atoms with Crippen LogP contribution >= 0.6 is 0 Å². The van der Waals surface area contributed by atoms with Gasteiger partial charge in [-0.15, -0.1) is 0 Å². The Hall–Kier alpha value is -12.5. The lowest BCUT2D eigenvalue weighted by atomic mass is 9.98. The molecule has 16 aromatic rings. The van der Waals surface area contributed by atoms with Crippen LogP contribution in [0.1, 0.15) is 0 Å². The maximum Gasteiger partial charge on any atom is 0.212 e. The molecule has 10 aromatic carbocycles. The molecule has 0 aliphatic heterocycles. The average Bonchev–Trinajstić information content (AvgIpc) is 1.67. The van der Waals surface area contributed by atoms with E-state index in [0.29, 0.717) is 89.3 Å². The van der Waals surface area contributed by atoms with Gasteiger partial charge >= 0.3 is 0 Å². The van der Waals surface area contributed by atoms with E-state index in [2.05, 4.69) is 4.85 Å². The van der Waals surface area contributed by atoms with Gasteiger partial charge in [-0.1, -0.05) is 194 Å². The van der Waals surface area contributed by atoms with E-state index in [-0.39, 0.29) is 17.1 Å². The molecule has 0 fully saturated rings. The number of hydrogen-bond acceptors (Lipinski definition) is 4. The van der Waals surface area contributed by atoms with Crippen LogP contribution in [0.15, 0.2) is 279 Å². The third kappa shape index (κ3) is 9.74. The lowest BCUT2D eigenvalue weighted by Gasteiger charge is -2.20. The molecule has 0 aliphatic rings. The maximum absolute atomic E-state index is 17.4. The van der Waals surface area contributed by atoms with Crippen molar-refractivity contribution in [1.29, 1.82) is 0 Å². The van der Waals surface area contributed by atoms with Crippen LogP contribution in [0.25, 0.3) is 161 Å². The van der Waals surface area contributed by atoms with Crippen molar-refractivity contribution in [3.63, 3.8) is 0 Å². The molecule has 0 aliphatic carbocycles. The number of benzene rings is 10. The molecule has 93 heavy (non-hydrogen) atoms. The summed E-state index contributed by atoms with van der Waals surface area (Å²) in [6, 6.07) is 88.1. The van der Waals surface area contributed by atoms with Gasteiger partial charge in [0, 0.05) is 77.3 Å². The van der Waals surface area contributed by atoms with E-state index >= 15 is 22.0 Å². The molecule has 12 heteroatoms. The largest absolute Gasteiger partial charge is 0.319 e. The summed E-state index contributed by atoms with van der Waals surface area (Å²) < 4.78 is 86.4. The van der Waals surface area contributed by atoms with Crippen LogP contribution in [0.5, 0.6) is 0 Å². The van der Waals surface area contributed by atoms with E-state index in [4.69, 9.17) is 19.9 Å². The summed E-state index contributed by atoms with van der Waals surface area (Å²) in [5, 5.41) is 2.83. The molecule has 16 rings (SSSR count). The number of pyridine rings is 4. The molecular formula is C81H46F5N7. The van der Waals surface area contributed by atoms with Crippen LogP contribution in [0, 0.1) is 35.7 Å². The zero-order valence-electron chi connectivity index (χ0n) is 49.1. The molecule has 6 heterocycles. The number of nitrogens with zero attached hydrogens (tertiary/aromatic N) is 7. The molecule has 0 saturated heterocycles. The minimum absolute atomic E-state index is 0.0163. The number of halogens is 5. The van der Waals surface area contributed by atoms with Gasteiger partial charge in [-0.2, -0.15) is 0 Å². The first-order chi connectivity index (χ1) is 45.6. The van der Waals surface area contributed by atoms with Gasteiger partial charge in [-0.3, -0.25) is 0 Å². The van der Waals surface area contributed by atoms with Crippen LogP contribution in [0.3, 0.4) is 0 Å². The van der Waals surface area contributed by atoms with Gasteiger partial charge in [0.1, 0.15) is 0 Å². The van der Waals surface area contributed by atoms with Gasteiger partial charge < -0.3 is 9.13 Å². The Morgan fingerprint density at radius 1 is 0.258 bits per heavy atom. The van der Waals surface area contributed by atoms with Crippen LogP contribution in [-0.4, -0.2) is 29.1 Å². The predicted molar refractivity (Wildman–Crippen MR) is 361 cm³/mol. The van der Waals surface area contributed by atoms with Crippen molar-refractivity contribution in [1.82, 2.24) is 29.1 Å². The summed E-state index contributed by atoms with van der Waals surface area (Å²) in [7, 11) is 0. The zero-order chi connectivity index (χ0) is 62.8. The molecule has 0 bridgehead atoms. The number of hydrogen-bond donors (Lipinski definition) is 0. The van der Waals surface area contributed by atoms with E-state index in [1.807, 2.05) is 271 Å². The minimum Gasteiger partial charge on any atom is -0.319 e. The summed E-state index contributed by atoms with van der Waals surface area (Å²) in [5.74, 6) is -10.7. The normalized spacial score (nSPS) is 11.5. The molecule has 7 nitrogen and oxygen atoms in total. The van der Waals surface area contributed by atoms with E-state index in [1.165, 1.54) is 12.1 Å². The van der Waals surface area contributed by atoms with Crippen molar-refractivity contribution in [2.75, 3.05) is 0 Å². The van der Waals surface area contributed by atoms with Crippen LogP contribution < -0.4 is 0 Å². The maximum atomic E-state index is 17.4. The first-order valence-electron chi connectivity index (χ1n) is 30.0. The highest BCUT2D eigenvalue weighted by Gasteiger charge is 2.31. The van der Waals surface area contributed by atoms with Crippen molar-refractivity contribution in [2.24, 2.45) is 0 Å². The second kappa shape index (κ2) is 22.8. The topological polar surface area (TPSA) is 65.8 Å². The van der Waals surface area contributed by atoms with Gasteiger partial charge in [0.05, 0.1) is 85.4 Å². The van der Waals surface area contributed by atoms with Crippen molar-refractivity contribution < 1.29 is 22.0 Å². The van der Waals surface area contributed by atoms with Crippen LogP contribution in [0.4, 0.5) is 27.6 Å². The van der Waals surface area contributed by atoms with Crippen LogP contribution in [0.2, 0.25) is 0 Å². The van der Waals surface area contributed by atoms with Crippen molar-refractivity contribution in [2.45, 2.75) is 0 Å². The highest BCUT2D eigenvalue weighted by atomic mass is 19.2. The average molecular weight is 1210 g/mol. The summed E-state index contributed by atoms with van der Waals surface area (Å²) in [6.45, 7) is 9.19. The Balaban J connectivity index is 0.997. The first-order valence-corrected chi connectivity index (χ1v) is 30.0. The minimum atomic E-state index is -2.31. The Morgan fingerprint density at radius 2 is 0.527 bits per heavy atom. The van der Waals surface area contributed by atoms with Gasteiger partial charge in [-0.25, -0.2) is 46.7 Å². The molecule has 0 N–H and O–H groups in total. The van der Waals surface area contributed by atoms with Gasteiger partial charge in [-0.05, 0) is 84.9 Å². The summed E-state index contributed by atoms with van der Waals surface area (Å²) in [5.41, 5.74) is 12.2. The number of rotatable bonds is 11. The van der Waals surface area contributed by atoms with E-state index in [9.17, 15) is 6.57 Å². The Bertz CT molecular complexity index is 5400. The number of fused-ring (bicyclic) bond motifs is 6. The van der Waals surface area contributed by atoms with Crippen molar-refractivity contribution in [3.05, 3.63) is 320 Å². The standard InChI is InChI=1S/C81H46F5N7/c1-87-69-47-74(92-70-42-52(65-30-14-26-61(88-65)48-18-6-2-7-19-48)34-38-56(70)57-39-35-53(43-71(57)92)66-31-15-27-62(89-66)49-20-8-3-9-21-49)60(76-77(82)79(84)81(86)80(85)78(76)83)46-75(69)93-72-44-54(67-32-16-28-63(90-67)50-22-10-4-11-23-50)36-40-58(72)59-41-37-55(45-73(59)93)68-33-17-29-64(91-68)51-24-12-5-13-25-51/h2-47H. The Kier molecular flexibility index (Phi) is 13.7. The zero-order valence-corrected chi connectivity index (χ0v) is 49.1. The van der Waals surface area contributed by atoms with E-state index in [0.717, 1.165) is 44.4 Å². The third-order valence-electron chi connectivity index (χ3n) is 17.2. The molecule has 440 valence electrons. The summed E-state index contributed by atoms with van der Waals surface area (Å²) >= 11 is 0. The van der Waals surface area contributed by atoms with Crippen molar-refractivity contribution >= 4 is 49.3 Å². The predicted octanol–water partition coefficient (Wildman–Crippen LogP) is 21.7. The molecule has 0 unspecified atom stereocenters. The summed E-state index contributed by atoms with van der Waals surface area (Å²) in [6.07, 6.45) is 0. The fourth-order valence-electron chi connectivity index (χ4n) is 12.7. The molecule has 0 saturated carbocycles. The lowest BCUT2D eigenvalue weighted by Crippen LogP contribution is -2.08. The highest BCUT2D eigenvalue weighted by molar-refractivity contribution is 6.14. The second-order valence-electron chi connectivity index (χ2n) is 22.6. The summed E-state index contributed by atoms with van der Waals surface area (Å²) in [4.78, 5) is 24.6. The molecule has 0 spiro atoms.